The molecule has 0 aliphatic rings. The monoisotopic (exact) mass is 479 g/mol. The van der Waals surface area contributed by atoms with E-state index in [0.29, 0.717) is 10.9 Å². The fourth-order valence-electron chi connectivity index (χ4n) is 3.97. The SMILES string of the molecule is CC(=O)N(c1nc(CSc2nnc3sc4ccccc4n23)cs1)c1c(C)cc(C)cc1C. The Kier molecular flexibility index (Phi) is 5.48. The van der Waals surface area contributed by atoms with E-state index in [1.165, 1.54) is 21.6 Å². The van der Waals surface area contributed by atoms with Crippen LogP contribution >= 0.6 is 34.4 Å². The van der Waals surface area contributed by atoms with Gasteiger partial charge in [-0.25, -0.2) is 4.98 Å². The average molecular weight is 480 g/mol. The number of hydrogen-bond acceptors (Lipinski definition) is 7. The summed E-state index contributed by atoms with van der Waals surface area (Å²) in [5, 5.41) is 12.3. The van der Waals surface area contributed by atoms with Crippen molar-refractivity contribution in [3.05, 3.63) is 64.2 Å². The van der Waals surface area contributed by atoms with Crippen LogP contribution in [0.25, 0.3) is 15.2 Å². The van der Waals surface area contributed by atoms with E-state index in [-0.39, 0.29) is 5.91 Å². The van der Waals surface area contributed by atoms with Gasteiger partial charge in [0, 0.05) is 18.1 Å². The van der Waals surface area contributed by atoms with Crippen molar-refractivity contribution in [2.45, 2.75) is 38.6 Å². The molecule has 0 bridgehead atoms. The first-order valence-electron chi connectivity index (χ1n) is 10.1. The summed E-state index contributed by atoms with van der Waals surface area (Å²) in [5.41, 5.74) is 6.27. The number of carbonyl (C=O) groups excluding carboxylic acids is 1. The van der Waals surface area contributed by atoms with Gasteiger partial charge in [-0.1, -0.05) is 52.9 Å². The first kappa shape index (κ1) is 21.1. The molecular weight excluding hydrogens is 458 g/mol. The van der Waals surface area contributed by atoms with E-state index in [2.05, 4.69) is 45.8 Å². The maximum atomic E-state index is 12.6. The summed E-state index contributed by atoms with van der Waals surface area (Å²) in [4.78, 5) is 20.0. The highest BCUT2D eigenvalue weighted by Gasteiger charge is 2.22. The number of anilines is 2. The fraction of sp³-hybridized carbons (Fsp3) is 0.217. The molecule has 0 N–H and O–H groups in total. The molecule has 162 valence electrons. The van der Waals surface area contributed by atoms with Crippen LogP contribution in [0.15, 0.2) is 46.9 Å². The molecule has 0 saturated carbocycles. The van der Waals surface area contributed by atoms with Crippen LogP contribution in [-0.2, 0) is 10.5 Å². The fourth-order valence-corrected chi connectivity index (χ4v) is 6.80. The molecule has 3 heterocycles. The van der Waals surface area contributed by atoms with Crippen molar-refractivity contribution >= 4 is 66.3 Å². The van der Waals surface area contributed by atoms with Crippen LogP contribution in [0, 0.1) is 20.8 Å². The molecule has 2 aromatic carbocycles. The van der Waals surface area contributed by atoms with Crippen LogP contribution in [-0.4, -0.2) is 25.5 Å². The highest BCUT2D eigenvalue weighted by atomic mass is 32.2. The van der Waals surface area contributed by atoms with Crippen molar-refractivity contribution in [3.8, 4) is 0 Å². The molecule has 0 atom stereocenters. The second-order valence-electron chi connectivity index (χ2n) is 7.68. The molecule has 6 nitrogen and oxygen atoms in total. The minimum Gasteiger partial charge on any atom is -0.274 e. The summed E-state index contributed by atoms with van der Waals surface area (Å²) < 4.78 is 3.29. The molecule has 0 aliphatic heterocycles. The molecule has 5 rings (SSSR count). The van der Waals surface area contributed by atoms with Crippen molar-refractivity contribution in [1.29, 1.82) is 0 Å². The zero-order valence-corrected chi connectivity index (χ0v) is 20.6. The third-order valence-electron chi connectivity index (χ3n) is 5.17. The summed E-state index contributed by atoms with van der Waals surface area (Å²) in [6.45, 7) is 7.73. The second-order valence-corrected chi connectivity index (χ2v) is 10.5. The molecule has 5 aromatic rings. The number of aromatic nitrogens is 4. The molecule has 0 spiro atoms. The van der Waals surface area contributed by atoms with E-state index < -0.39 is 0 Å². The predicted molar refractivity (Wildman–Crippen MR) is 134 cm³/mol. The highest BCUT2D eigenvalue weighted by molar-refractivity contribution is 7.98. The van der Waals surface area contributed by atoms with Crippen molar-refractivity contribution in [3.63, 3.8) is 0 Å². The molecule has 1 amide bonds. The summed E-state index contributed by atoms with van der Waals surface area (Å²) >= 11 is 4.73. The number of rotatable bonds is 5. The number of amides is 1. The van der Waals surface area contributed by atoms with Gasteiger partial charge in [0.2, 0.25) is 10.9 Å². The summed E-state index contributed by atoms with van der Waals surface area (Å²) in [6.07, 6.45) is 0. The number of hydrogen-bond donors (Lipinski definition) is 0. The Hall–Kier alpha value is -2.75. The summed E-state index contributed by atoms with van der Waals surface area (Å²) in [6, 6.07) is 12.5. The number of aryl methyl sites for hydroxylation is 3. The quantitative estimate of drug-likeness (QED) is 0.277. The molecule has 0 fully saturated rings. The van der Waals surface area contributed by atoms with Crippen LogP contribution < -0.4 is 4.90 Å². The lowest BCUT2D eigenvalue weighted by Crippen LogP contribution is -2.24. The average Bonchev–Trinajstić information content (AvgIpc) is 3.44. The lowest BCUT2D eigenvalue weighted by Gasteiger charge is -2.23. The molecular formula is C23H21N5OS3. The zero-order valence-electron chi connectivity index (χ0n) is 18.1. The Bertz CT molecular complexity index is 1440. The van der Waals surface area contributed by atoms with Crippen molar-refractivity contribution in [1.82, 2.24) is 19.6 Å². The van der Waals surface area contributed by atoms with E-state index in [1.54, 1.807) is 34.9 Å². The number of nitrogens with zero attached hydrogens (tertiary/aromatic N) is 5. The van der Waals surface area contributed by atoms with Crippen LogP contribution in [0.5, 0.6) is 0 Å². The standard InChI is InChI=1S/C23H21N5OS3/c1-13-9-14(2)20(15(3)10-13)27(16(4)29)21-24-17(11-30-21)12-31-22-25-26-23-28(22)18-7-5-6-8-19(18)32-23/h5-11H,12H2,1-4H3. The lowest BCUT2D eigenvalue weighted by atomic mass is 10.0. The second kappa shape index (κ2) is 8.31. The molecule has 0 aliphatic carbocycles. The Morgan fingerprint density at radius 3 is 2.62 bits per heavy atom. The van der Waals surface area contributed by atoms with Crippen molar-refractivity contribution in [2.24, 2.45) is 0 Å². The summed E-state index contributed by atoms with van der Waals surface area (Å²) in [7, 11) is 0. The van der Waals surface area contributed by atoms with Gasteiger partial charge in [0.25, 0.3) is 0 Å². The largest absolute Gasteiger partial charge is 0.274 e. The smallest absolute Gasteiger partial charge is 0.230 e. The van der Waals surface area contributed by atoms with Gasteiger partial charge in [0.1, 0.15) is 0 Å². The molecule has 32 heavy (non-hydrogen) atoms. The molecule has 0 radical (unpaired) electrons. The third-order valence-corrected chi connectivity index (χ3v) is 8.01. The van der Waals surface area contributed by atoms with Gasteiger partial charge in [0.15, 0.2) is 10.3 Å². The van der Waals surface area contributed by atoms with E-state index >= 15 is 0 Å². The Balaban J connectivity index is 1.42. The number of thiazole rings is 2. The van der Waals surface area contributed by atoms with E-state index in [4.69, 9.17) is 4.98 Å². The lowest BCUT2D eigenvalue weighted by molar-refractivity contribution is -0.115. The molecule has 3 aromatic heterocycles. The number of benzene rings is 2. The summed E-state index contributed by atoms with van der Waals surface area (Å²) in [5.74, 6) is 0.608. The Morgan fingerprint density at radius 1 is 1.12 bits per heavy atom. The van der Waals surface area contributed by atoms with Gasteiger partial charge < -0.3 is 0 Å². The highest BCUT2D eigenvalue weighted by Crippen LogP contribution is 2.36. The minimum atomic E-state index is -0.0440. The van der Waals surface area contributed by atoms with Gasteiger partial charge in [-0.2, -0.15) is 0 Å². The van der Waals surface area contributed by atoms with E-state index in [0.717, 1.165) is 38.1 Å². The van der Waals surface area contributed by atoms with Gasteiger partial charge in [0.05, 0.1) is 21.6 Å². The van der Waals surface area contributed by atoms with Gasteiger partial charge in [-0.15, -0.1) is 21.5 Å². The predicted octanol–water partition coefficient (Wildman–Crippen LogP) is 6.30. The maximum Gasteiger partial charge on any atom is 0.230 e. The van der Waals surface area contributed by atoms with Gasteiger partial charge in [-0.3, -0.25) is 14.1 Å². The van der Waals surface area contributed by atoms with E-state index in [1.807, 2.05) is 31.4 Å². The molecule has 0 saturated heterocycles. The van der Waals surface area contributed by atoms with E-state index in [9.17, 15) is 4.79 Å². The van der Waals surface area contributed by atoms with Crippen LogP contribution in [0.1, 0.15) is 29.3 Å². The molecule has 9 heteroatoms. The number of carbonyl (C=O) groups is 1. The molecule has 0 unspecified atom stereocenters. The first-order valence-corrected chi connectivity index (χ1v) is 12.8. The van der Waals surface area contributed by atoms with Gasteiger partial charge in [-0.05, 0) is 44.0 Å². The van der Waals surface area contributed by atoms with Crippen molar-refractivity contribution in [2.75, 3.05) is 4.90 Å². The first-order chi connectivity index (χ1) is 15.4. The normalized spacial score (nSPS) is 11.5. The van der Waals surface area contributed by atoms with Crippen LogP contribution in [0.3, 0.4) is 0 Å². The van der Waals surface area contributed by atoms with Gasteiger partial charge >= 0.3 is 0 Å². The third kappa shape index (κ3) is 3.70. The number of fused-ring (bicyclic) bond motifs is 3. The van der Waals surface area contributed by atoms with Crippen molar-refractivity contribution < 1.29 is 4.79 Å². The minimum absolute atomic E-state index is 0.0440. The zero-order chi connectivity index (χ0) is 22.4. The number of thioether (sulfide) groups is 1. The maximum absolute atomic E-state index is 12.6. The van der Waals surface area contributed by atoms with Crippen LogP contribution in [0.2, 0.25) is 0 Å². The van der Waals surface area contributed by atoms with Crippen LogP contribution in [0.4, 0.5) is 10.8 Å². The Morgan fingerprint density at radius 2 is 1.88 bits per heavy atom. The number of para-hydroxylation sites is 1. The topological polar surface area (TPSA) is 63.4 Å². The Labute approximate surface area is 197 Å².